The van der Waals surface area contributed by atoms with Gasteiger partial charge in [-0.05, 0) is 12.3 Å². The molecule has 1 aliphatic carbocycles. The van der Waals surface area contributed by atoms with Crippen molar-refractivity contribution in [3.63, 3.8) is 0 Å². The minimum absolute atomic E-state index is 0.894. The molecule has 1 fully saturated rings. The molecule has 0 bridgehead atoms. The van der Waals surface area contributed by atoms with Gasteiger partial charge in [0.15, 0.2) is 0 Å². The van der Waals surface area contributed by atoms with E-state index in [2.05, 4.69) is 15.3 Å². The molecule has 0 saturated heterocycles. The first-order valence-corrected chi connectivity index (χ1v) is 5.96. The van der Waals surface area contributed by atoms with Gasteiger partial charge in [0.2, 0.25) is 0 Å². The van der Waals surface area contributed by atoms with E-state index in [1.165, 1.54) is 42.6 Å². The molecule has 1 N–H and O–H groups in total. The van der Waals surface area contributed by atoms with Crippen molar-refractivity contribution in [2.24, 2.45) is 5.92 Å². The standard InChI is InChI=1S/C12H17N3/c1-2-9(3-1)6-12-10-7-13-5-4-11(10)14-8-15-12/h8-9,13H,1-7H2. The van der Waals surface area contributed by atoms with Gasteiger partial charge in [0.25, 0.3) is 0 Å². The monoisotopic (exact) mass is 203 g/mol. The Morgan fingerprint density at radius 1 is 1.33 bits per heavy atom. The van der Waals surface area contributed by atoms with Gasteiger partial charge in [-0.2, -0.15) is 0 Å². The van der Waals surface area contributed by atoms with Crippen LogP contribution in [0.25, 0.3) is 0 Å². The highest BCUT2D eigenvalue weighted by Gasteiger charge is 2.22. The second-order valence-electron chi connectivity index (χ2n) is 4.67. The number of nitrogens with one attached hydrogen (secondary N) is 1. The second-order valence-corrected chi connectivity index (χ2v) is 4.67. The number of aromatic nitrogens is 2. The lowest BCUT2D eigenvalue weighted by molar-refractivity contribution is 0.310. The summed E-state index contributed by atoms with van der Waals surface area (Å²) in [6.45, 7) is 2.03. The van der Waals surface area contributed by atoms with E-state index in [0.29, 0.717) is 0 Å². The maximum atomic E-state index is 4.46. The van der Waals surface area contributed by atoms with Crippen LogP contribution in [0.15, 0.2) is 6.33 Å². The van der Waals surface area contributed by atoms with E-state index in [-0.39, 0.29) is 0 Å². The van der Waals surface area contributed by atoms with Crippen LogP contribution in [0.4, 0.5) is 0 Å². The third kappa shape index (κ3) is 1.76. The van der Waals surface area contributed by atoms with E-state index >= 15 is 0 Å². The molecule has 3 rings (SSSR count). The minimum Gasteiger partial charge on any atom is -0.312 e. The molecule has 3 heteroatoms. The van der Waals surface area contributed by atoms with Crippen LogP contribution in [0.2, 0.25) is 0 Å². The van der Waals surface area contributed by atoms with E-state index in [9.17, 15) is 0 Å². The Morgan fingerprint density at radius 2 is 2.27 bits per heavy atom. The molecule has 2 heterocycles. The van der Waals surface area contributed by atoms with Crippen molar-refractivity contribution < 1.29 is 0 Å². The SMILES string of the molecule is c1nc2c(c(CC3CCC3)n1)CNCC2. The summed E-state index contributed by atoms with van der Waals surface area (Å²) in [6, 6.07) is 0. The summed E-state index contributed by atoms with van der Waals surface area (Å²) >= 11 is 0. The third-order valence-electron chi connectivity index (χ3n) is 3.67. The lowest BCUT2D eigenvalue weighted by Gasteiger charge is -2.27. The van der Waals surface area contributed by atoms with E-state index in [4.69, 9.17) is 0 Å². The Kier molecular flexibility index (Phi) is 2.41. The highest BCUT2D eigenvalue weighted by molar-refractivity contribution is 5.27. The van der Waals surface area contributed by atoms with Gasteiger partial charge in [-0.1, -0.05) is 19.3 Å². The molecule has 1 aliphatic heterocycles. The van der Waals surface area contributed by atoms with E-state index in [1.54, 1.807) is 6.33 Å². The zero-order valence-electron chi connectivity index (χ0n) is 9.00. The molecule has 0 aromatic carbocycles. The van der Waals surface area contributed by atoms with E-state index in [0.717, 1.165) is 25.4 Å². The fourth-order valence-electron chi connectivity index (χ4n) is 2.48. The largest absolute Gasteiger partial charge is 0.312 e. The normalized spacial score (nSPS) is 20.8. The van der Waals surface area contributed by atoms with Gasteiger partial charge in [0.1, 0.15) is 6.33 Å². The smallest absolute Gasteiger partial charge is 0.115 e. The molecule has 1 aromatic heterocycles. The first-order valence-electron chi connectivity index (χ1n) is 5.96. The Balaban J connectivity index is 1.85. The summed E-state index contributed by atoms with van der Waals surface area (Å²) in [7, 11) is 0. The summed E-state index contributed by atoms with van der Waals surface area (Å²) in [6.07, 6.45) is 8.19. The quantitative estimate of drug-likeness (QED) is 0.791. The maximum Gasteiger partial charge on any atom is 0.115 e. The Morgan fingerprint density at radius 3 is 3.07 bits per heavy atom. The van der Waals surface area contributed by atoms with Crippen LogP contribution in [-0.2, 0) is 19.4 Å². The average Bonchev–Trinajstić information content (AvgIpc) is 2.23. The first kappa shape index (κ1) is 9.28. The molecule has 0 atom stereocenters. The molecule has 3 nitrogen and oxygen atoms in total. The number of rotatable bonds is 2. The van der Waals surface area contributed by atoms with E-state index < -0.39 is 0 Å². The minimum atomic E-state index is 0.894. The highest BCUT2D eigenvalue weighted by Crippen LogP contribution is 2.30. The van der Waals surface area contributed by atoms with Crippen LogP contribution >= 0.6 is 0 Å². The summed E-state index contributed by atoms with van der Waals surface area (Å²) in [5.74, 6) is 0.894. The number of hydrogen-bond acceptors (Lipinski definition) is 3. The van der Waals surface area contributed by atoms with Gasteiger partial charge in [0, 0.05) is 36.5 Å². The topological polar surface area (TPSA) is 37.8 Å². The molecule has 0 spiro atoms. The maximum absolute atomic E-state index is 4.46. The molecule has 15 heavy (non-hydrogen) atoms. The predicted molar refractivity (Wildman–Crippen MR) is 58.5 cm³/mol. The molecule has 0 unspecified atom stereocenters. The first-order chi connectivity index (χ1) is 7.43. The third-order valence-corrected chi connectivity index (χ3v) is 3.67. The van der Waals surface area contributed by atoms with Gasteiger partial charge in [-0.3, -0.25) is 0 Å². The van der Waals surface area contributed by atoms with Crippen LogP contribution in [-0.4, -0.2) is 16.5 Å². The average molecular weight is 203 g/mol. The van der Waals surface area contributed by atoms with Crippen molar-refractivity contribution in [2.75, 3.05) is 6.54 Å². The van der Waals surface area contributed by atoms with Crippen LogP contribution in [0.3, 0.4) is 0 Å². The predicted octanol–water partition coefficient (Wildman–Crippen LogP) is 1.46. The van der Waals surface area contributed by atoms with Crippen molar-refractivity contribution in [3.8, 4) is 0 Å². The van der Waals surface area contributed by atoms with Crippen molar-refractivity contribution >= 4 is 0 Å². The summed E-state index contributed by atoms with van der Waals surface area (Å²) in [5, 5.41) is 3.41. The van der Waals surface area contributed by atoms with Crippen molar-refractivity contribution in [1.82, 2.24) is 15.3 Å². The zero-order valence-corrected chi connectivity index (χ0v) is 9.00. The lowest BCUT2D eigenvalue weighted by atomic mass is 9.81. The summed E-state index contributed by atoms with van der Waals surface area (Å²) < 4.78 is 0. The molecular formula is C12H17N3. The van der Waals surface area contributed by atoms with Gasteiger partial charge in [-0.15, -0.1) is 0 Å². The summed E-state index contributed by atoms with van der Waals surface area (Å²) in [4.78, 5) is 8.84. The second kappa shape index (κ2) is 3.89. The van der Waals surface area contributed by atoms with Gasteiger partial charge < -0.3 is 5.32 Å². The Bertz CT molecular complexity index is 358. The molecule has 1 saturated carbocycles. The van der Waals surface area contributed by atoms with Crippen molar-refractivity contribution in [1.29, 1.82) is 0 Å². The fourth-order valence-corrected chi connectivity index (χ4v) is 2.48. The number of nitrogens with zero attached hydrogens (tertiary/aromatic N) is 2. The molecule has 80 valence electrons. The van der Waals surface area contributed by atoms with Crippen molar-refractivity contribution in [2.45, 2.75) is 38.6 Å². The van der Waals surface area contributed by atoms with Crippen LogP contribution in [0, 0.1) is 5.92 Å². The molecule has 1 aromatic rings. The van der Waals surface area contributed by atoms with Crippen LogP contribution in [0.5, 0.6) is 0 Å². The number of hydrogen-bond donors (Lipinski definition) is 1. The van der Waals surface area contributed by atoms with Crippen molar-refractivity contribution in [3.05, 3.63) is 23.3 Å². The Hall–Kier alpha value is -0.960. The van der Waals surface area contributed by atoms with Crippen LogP contribution in [0.1, 0.15) is 36.2 Å². The lowest BCUT2D eigenvalue weighted by Crippen LogP contribution is -2.27. The molecule has 0 radical (unpaired) electrons. The molecule has 0 amide bonds. The van der Waals surface area contributed by atoms with Gasteiger partial charge >= 0.3 is 0 Å². The Labute approximate surface area is 90.3 Å². The van der Waals surface area contributed by atoms with E-state index in [1.807, 2.05) is 0 Å². The van der Waals surface area contributed by atoms with Gasteiger partial charge in [-0.25, -0.2) is 9.97 Å². The zero-order chi connectivity index (χ0) is 10.1. The van der Waals surface area contributed by atoms with Crippen LogP contribution < -0.4 is 5.32 Å². The molecule has 2 aliphatic rings. The number of fused-ring (bicyclic) bond motifs is 1. The highest BCUT2D eigenvalue weighted by atomic mass is 14.9. The van der Waals surface area contributed by atoms with Gasteiger partial charge in [0.05, 0.1) is 0 Å². The fraction of sp³-hybridized carbons (Fsp3) is 0.667. The molecular weight excluding hydrogens is 186 g/mol. The summed E-state index contributed by atoms with van der Waals surface area (Å²) in [5.41, 5.74) is 3.96.